The summed E-state index contributed by atoms with van der Waals surface area (Å²) in [5.74, 6) is -0.426. The molecule has 6 heteroatoms. The lowest BCUT2D eigenvalue weighted by Gasteiger charge is -2.24. The molecular formula is C29H29FN4O. The first-order valence-corrected chi connectivity index (χ1v) is 12.0. The molecule has 1 saturated heterocycles. The molecule has 1 atom stereocenters. The highest BCUT2D eigenvalue weighted by atomic mass is 19.1. The van der Waals surface area contributed by atoms with Gasteiger partial charge in [0.05, 0.1) is 11.1 Å². The van der Waals surface area contributed by atoms with E-state index in [2.05, 4.69) is 15.3 Å². The van der Waals surface area contributed by atoms with Gasteiger partial charge in [0.25, 0.3) is 5.91 Å². The van der Waals surface area contributed by atoms with E-state index < -0.39 is 0 Å². The summed E-state index contributed by atoms with van der Waals surface area (Å²) in [5.41, 5.74) is 6.41. The van der Waals surface area contributed by atoms with E-state index in [0.717, 1.165) is 52.5 Å². The topological polar surface area (TPSA) is 58.1 Å². The number of aryl methyl sites for hydroxylation is 2. The number of likely N-dealkylation sites (N-methyl/N-ethyl adjacent to an activating group) is 1. The fourth-order valence-corrected chi connectivity index (χ4v) is 4.98. The zero-order valence-corrected chi connectivity index (χ0v) is 20.3. The summed E-state index contributed by atoms with van der Waals surface area (Å²) in [4.78, 5) is 24.7. The minimum Gasteiger partial charge on any atom is -0.340 e. The van der Waals surface area contributed by atoms with Crippen LogP contribution in [0.4, 0.5) is 4.39 Å². The highest BCUT2D eigenvalue weighted by Gasteiger charge is 2.25. The van der Waals surface area contributed by atoms with Gasteiger partial charge in [0.1, 0.15) is 5.82 Å². The number of nitrogens with zero attached hydrogens (tertiary/aromatic N) is 3. The maximum atomic E-state index is 14.4. The molecule has 2 aromatic heterocycles. The zero-order valence-electron chi connectivity index (χ0n) is 20.3. The molecule has 5 nitrogen and oxygen atoms in total. The number of benzene rings is 2. The van der Waals surface area contributed by atoms with Crippen LogP contribution in [-0.2, 0) is 0 Å². The van der Waals surface area contributed by atoms with Crippen LogP contribution in [0.5, 0.6) is 0 Å². The maximum absolute atomic E-state index is 14.4. The number of carbonyl (C=O) groups excluding carboxylic acids is 1. The molecule has 1 aliphatic rings. The van der Waals surface area contributed by atoms with E-state index in [9.17, 15) is 9.18 Å². The monoisotopic (exact) mass is 468 g/mol. The Bertz CT molecular complexity index is 1390. The van der Waals surface area contributed by atoms with Crippen LogP contribution in [0.2, 0.25) is 0 Å². The molecule has 1 N–H and O–H groups in total. The van der Waals surface area contributed by atoms with Gasteiger partial charge in [-0.05, 0) is 85.8 Å². The number of amides is 1. The second kappa shape index (κ2) is 9.55. The molecule has 0 aliphatic carbocycles. The van der Waals surface area contributed by atoms with Crippen LogP contribution in [0.3, 0.4) is 0 Å². The molecule has 0 radical (unpaired) electrons. The van der Waals surface area contributed by atoms with Crippen molar-refractivity contribution in [2.45, 2.75) is 32.7 Å². The van der Waals surface area contributed by atoms with Crippen LogP contribution < -0.4 is 5.32 Å². The fraction of sp³-hybridized carbons (Fsp3) is 0.276. The van der Waals surface area contributed by atoms with Gasteiger partial charge >= 0.3 is 0 Å². The van der Waals surface area contributed by atoms with E-state index in [1.165, 1.54) is 12.1 Å². The van der Waals surface area contributed by atoms with Gasteiger partial charge in [-0.2, -0.15) is 0 Å². The minimum absolute atomic E-state index is 0.0944. The van der Waals surface area contributed by atoms with E-state index in [1.54, 1.807) is 17.3 Å². The molecule has 2 aromatic carbocycles. The van der Waals surface area contributed by atoms with Crippen LogP contribution in [0.25, 0.3) is 33.2 Å². The molecule has 1 aliphatic heterocycles. The van der Waals surface area contributed by atoms with Crippen molar-refractivity contribution in [3.8, 4) is 22.3 Å². The van der Waals surface area contributed by atoms with Gasteiger partial charge in [-0.3, -0.25) is 14.8 Å². The predicted molar refractivity (Wildman–Crippen MR) is 138 cm³/mol. The lowest BCUT2D eigenvalue weighted by molar-refractivity contribution is 0.0786. The first-order chi connectivity index (χ1) is 16.9. The average molecular weight is 469 g/mol. The van der Waals surface area contributed by atoms with Crippen LogP contribution in [-0.4, -0.2) is 47.0 Å². The molecular weight excluding hydrogens is 439 g/mol. The Labute approximate surface area is 205 Å². The molecule has 1 fully saturated rings. The van der Waals surface area contributed by atoms with Crippen LogP contribution in [0, 0.1) is 19.7 Å². The highest BCUT2D eigenvalue weighted by Crippen LogP contribution is 2.34. The molecule has 0 unspecified atom stereocenters. The molecule has 0 saturated carbocycles. The van der Waals surface area contributed by atoms with Gasteiger partial charge in [-0.1, -0.05) is 12.1 Å². The maximum Gasteiger partial charge on any atom is 0.255 e. The van der Waals surface area contributed by atoms with Crippen LogP contribution in [0.1, 0.15) is 34.3 Å². The summed E-state index contributed by atoms with van der Waals surface area (Å²) in [7, 11) is 1.84. The summed E-state index contributed by atoms with van der Waals surface area (Å²) in [6, 6.07) is 13.1. The first kappa shape index (κ1) is 23.1. The van der Waals surface area contributed by atoms with Gasteiger partial charge < -0.3 is 10.2 Å². The van der Waals surface area contributed by atoms with Gasteiger partial charge in [0, 0.05) is 54.7 Å². The van der Waals surface area contributed by atoms with Crippen molar-refractivity contribution in [2.75, 3.05) is 20.1 Å². The number of nitrogens with one attached hydrogen (secondary N) is 1. The number of carbonyl (C=O) groups is 1. The number of pyridine rings is 2. The standard InChI is InChI=1S/C29H29FN4O/c1-18-11-21(13-22(30)12-18)26-16-33-27-7-6-20(25-15-31-10-8-19(25)2)14-24(27)28(26)29(35)34(3)17-23-5-4-9-32-23/h6-8,10-16,23,32H,4-5,9,17H2,1-3H3/t23-/m0/s1. The van der Waals surface area contributed by atoms with Crippen molar-refractivity contribution < 1.29 is 9.18 Å². The Hall–Kier alpha value is -3.64. The molecule has 0 bridgehead atoms. The number of hydrogen-bond donors (Lipinski definition) is 1. The fourth-order valence-electron chi connectivity index (χ4n) is 4.98. The number of fused-ring (bicyclic) bond motifs is 1. The molecule has 5 rings (SSSR count). The average Bonchev–Trinajstić information content (AvgIpc) is 3.35. The SMILES string of the molecule is Cc1cc(F)cc(-c2cnc3ccc(-c4cnccc4C)cc3c2C(=O)N(C)C[C@@H]2CCCN2)c1. The predicted octanol–water partition coefficient (Wildman–Crippen LogP) is 5.54. The Kier molecular flexibility index (Phi) is 6.31. The van der Waals surface area contributed by atoms with E-state index in [4.69, 9.17) is 0 Å². The minimum atomic E-state index is -0.332. The number of halogens is 1. The number of aromatic nitrogens is 2. The normalized spacial score (nSPS) is 15.5. The smallest absolute Gasteiger partial charge is 0.255 e. The summed E-state index contributed by atoms with van der Waals surface area (Å²) in [6.07, 6.45) is 7.47. The van der Waals surface area contributed by atoms with Crippen molar-refractivity contribution in [1.82, 2.24) is 20.2 Å². The highest BCUT2D eigenvalue weighted by molar-refractivity contribution is 6.12. The largest absolute Gasteiger partial charge is 0.340 e. The Morgan fingerprint density at radius 3 is 2.69 bits per heavy atom. The lowest BCUT2D eigenvalue weighted by atomic mass is 9.93. The molecule has 1 amide bonds. The van der Waals surface area contributed by atoms with Crippen LogP contribution >= 0.6 is 0 Å². The third-order valence-electron chi connectivity index (χ3n) is 6.79. The van der Waals surface area contributed by atoms with E-state index in [-0.39, 0.29) is 17.8 Å². The summed E-state index contributed by atoms with van der Waals surface area (Å²) in [5, 5.41) is 4.22. The van der Waals surface area contributed by atoms with Gasteiger partial charge in [0.2, 0.25) is 0 Å². The summed E-state index contributed by atoms with van der Waals surface area (Å²) >= 11 is 0. The van der Waals surface area contributed by atoms with E-state index in [0.29, 0.717) is 23.2 Å². The van der Waals surface area contributed by atoms with Crippen molar-refractivity contribution in [3.05, 3.63) is 83.6 Å². The third-order valence-corrected chi connectivity index (χ3v) is 6.79. The molecule has 4 aromatic rings. The van der Waals surface area contributed by atoms with Crippen LogP contribution in [0.15, 0.2) is 61.1 Å². The lowest BCUT2D eigenvalue weighted by Crippen LogP contribution is -2.38. The van der Waals surface area contributed by atoms with Gasteiger partial charge in [0.15, 0.2) is 0 Å². The Balaban J connectivity index is 1.70. The third kappa shape index (κ3) is 4.66. The molecule has 3 heterocycles. The van der Waals surface area contributed by atoms with Gasteiger partial charge in [-0.15, -0.1) is 0 Å². The Morgan fingerprint density at radius 1 is 1.09 bits per heavy atom. The molecule has 35 heavy (non-hydrogen) atoms. The first-order valence-electron chi connectivity index (χ1n) is 12.0. The van der Waals surface area contributed by atoms with Crippen molar-refractivity contribution in [2.24, 2.45) is 0 Å². The Morgan fingerprint density at radius 2 is 1.94 bits per heavy atom. The van der Waals surface area contributed by atoms with Crippen molar-refractivity contribution in [3.63, 3.8) is 0 Å². The zero-order chi connectivity index (χ0) is 24.5. The number of hydrogen-bond acceptors (Lipinski definition) is 4. The summed E-state index contributed by atoms with van der Waals surface area (Å²) in [6.45, 7) is 5.49. The van der Waals surface area contributed by atoms with E-state index >= 15 is 0 Å². The van der Waals surface area contributed by atoms with Gasteiger partial charge in [-0.25, -0.2) is 4.39 Å². The summed E-state index contributed by atoms with van der Waals surface area (Å²) < 4.78 is 14.4. The van der Waals surface area contributed by atoms with Crippen molar-refractivity contribution in [1.29, 1.82) is 0 Å². The quantitative estimate of drug-likeness (QED) is 0.418. The van der Waals surface area contributed by atoms with Crippen molar-refractivity contribution >= 4 is 16.8 Å². The molecule has 0 spiro atoms. The molecule has 178 valence electrons. The van der Waals surface area contributed by atoms with E-state index in [1.807, 2.05) is 57.4 Å². The second-order valence-electron chi connectivity index (χ2n) is 9.47. The number of rotatable bonds is 5. The second-order valence-corrected chi connectivity index (χ2v) is 9.47.